The molecule has 19 heavy (non-hydrogen) atoms. The number of nitriles is 1. The van der Waals surface area contributed by atoms with Crippen molar-refractivity contribution in [2.75, 3.05) is 11.9 Å². The van der Waals surface area contributed by atoms with E-state index in [0.29, 0.717) is 6.61 Å². The van der Waals surface area contributed by atoms with Crippen molar-refractivity contribution in [3.05, 3.63) is 29.6 Å². The Labute approximate surface area is 111 Å². The molecule has 5 heteroatoms. The van der Waals surface area contributed by atoms with E-state index in [-0.39, 0.29) is 29.7 Å². The molecule has 1 heterocycles. The van der Waals surface area contributed by atoms with Crippen molar-refractivity contribution in [3.63, 3.8) is 0 Å². The number of ether oxygens (including phenoxy) is 1. The molecule has 1 atom stereocenters. The van der Waals surface area contributed by atoms with E-state index in [1.807, 2.05) is 6.07 Å². The van der Waals surface area contributed by atoms with Gasteiger partial charge in [0, 0.05) is 6.61 Å². The number of nitrogens with zero attached hydrogens (tertiary/aromatic N) is 1. The molecule has 0 radical (unpaired) electrons. The summed E-state index contributed by atoms with van der Waals surface area (Å²) < 4.78 is 19.0. The van der Waals surface area contributed by atoms with Crippen molar-refractivity contribution in [3.8, 4) is 6.07 Å². The Bertz CT molecular complexity index is 505. The van der Waals surface area contributed by atoms with Crippen LogP contribution in [-0.4, -0.2) is 18.6 Å². The zero-order chi connectivity index (χ0) is 13.7. The summed E-state index contributed by atoms with van der Waals surface area (Å²) in [7, 11) is 0. The molecule has 4 nitrogen and oxygen atoms in total. The van der Waals surface area contributed by atoms with Gasteiger partial charge in [0.05, 0.1) is 29.8 Å². The molecule has 1 aromatic rings. The second kappa shape index (κ2) is 6.30. The molecule has 100 valence electrons. The lowest BCUT2D eigenvalue weighted by atomic mass is 10.1. The summed E-state index contributed by atoms with van der Waals surface area (Å²) in [4.78, 5) is 11.8. The third kappa shape index (κ3) is 3.76. The Kier molecular flexibility index (Phi) is 4.48. The first-order valence-electron chi connectivity index (χ1n) is 6.30. The third-order valence-electron chi connectivity index (χ3n) is 3.06. The average Bonchev–Trinajstić information content (AvgIpc) is 2.42. The summed E-state index contributed by atoms with van der Waals surface area (Å²) in [5.74, 6) is -0.868. The van der Waals surface area contributed by atoms with Gasteiger partial charge in [-0.3, -0.25) is 4.79 Å². The molecule has 0 aromatic heterocycles. The predicted octanol–water partition coefficient (Wildman–Crippen LogP) is 2.60. The topological polar surface area (TPSA) is 62.1 Å². The third-order valence-corrected chi connectivity index (χ3v) is 3.06. The van der Waals surface area contributed by atoms with Crippen LogP contribution in [-0.2, 0) is 9.53 Å². The first-order valence-corrected chi connectivity index (χ1v) is 6.30. The van der Waals surface area contributed by atoms with Crippen LogP contribution in [0.15, 0.2) is 18.2 Å². The van der Waals surface area contributed by atoms with E-state index in [9.17, 15) is 9.18 Å². The number of carbonyl (C=O) groups is 1. The molecule has 1 aliphatic heterocycles. The second-order valence-corrected chi connectivity index (χ2v) is 4.55. The van der Waals surface area contributed by atoms with E-state index in [2.05, 4.69) is 5.32 Å². The number of benzene rings is 1. The molecule has 1 fully saturated rings. The Balaban J connectivity index is 1.93. The number of amides is 1. The van der Waals surface area contributed by atoms with Crippen LogP contribution < -0.4 is 5.32 Å². The van der Waals surface area contributed by atoms with Crippen LogP contribution in [0, 0.1) is 17.1 Å². The molecule has 0 spiro atoms. The maximum absolute atomic E-state index is 13.6. The van der Waals surface area contributed by atoms with Crippen LogP contribution >= 0.6 is 0 Å². The lowest BCUT2D eigenvalue weighted by molar-refractivity contribution is -0.119. The standard InChI is InChI=1S/C14H15FN2O2/c15-12-7-10(9-16)4-5-13(12)17-14(18)8-11-3-1-2-6-19-11/h4-5,7,11H,1-3,6,8H2,(H,17,18). The van der Waals surface area contributed by atoms with Gasteiger partial charge in [-0.25, -0.2) is 4.39 Å². The molecule has 1 aromatic carbocycles. The molecular weight excluding hydrogens is 247 g/mol. The van der Waals surface area contributed by atoms with Crippen LogP contribution in [0.4, 0.5) is 10.1 Å². The molecule has 1 saturated heterocycles. The zero-order valence-electron chi connectivity index (χ0n) is 10.5. The maximum atomic E-state index is 13.6. The fourth-order valence-corrected chi connectivity index (χ4v) is 2.06. The van der Waals surface area contributed by atoms with Gasteiger partial charge < -0.3 is 10.1 Å². The Morgan fingerprint density at radius 2 is 2.37 bits per heavy atom. The summed E-state index contributed by atoms with van der Waals surface area (Å²) in [5, 5.41) is 11.1. The lowest BCUT2D eigenvalue weighted by Crippen LogP contribution is -2.25. The number of nitrogens with one attached hydrogen (secondary N) is 1. The highest BCUT2D eigenvalue weighted by molar-refractivity contribution is 5.91. The Hall–Kier alpha value is -1.93. The van der Waals surface area contributed by atoms with Crippen molar-refractivity contribution in [2.45, 2.75) is 31.8 Å². The van der Waals surface area contributed by atoms with E-state index in [1.165, 1.54) is 12.1 Å². The van der Waals surface area contributed by atoms with Crippen molar-refractivity contribution in [1.82, 2.24) is 0 Å². The van der Waals surface area contributed by atoms with Crippen molar-refractivity contribution in [1.29, 1.82) is 5.26 Å². The second-order valence-electron chi connectivity index (χ2n) is 4.55. The van der Waals surface area contributed by atoms with Gasteiger partial charge in [0.1, 0.15) is 5.82 Å². The van der Waals surface area contributed by atoms with Gasteiger partial charge in [-0.2, -0.15) is 5.26 Å². The van der Waals surface area contributed by atoms with Gasteiger partial charge in [0.25, 0.3) is 0 Å². The summed E-state index contributed by atoms with van der Waals surface area (Å²) in [5.41, 5.74) is 0.325. The molecule has 1 aliphatic rings. The van der Waals surface area contributed by atoms with Crippen LogP contribution in [0.5, 0.6) is 0 Å². The van der Waals surface area contributed by atoms with Crippen molar-refractivity contribution in [2.24, 2.45) is 0 Å². The normalized spacial score (nSPS) is 18.6. The molecule has 0 bridgehead atoms. The molecule has 0 aliphatic carbocycles. The van der Waals surface area contributed by atoms with Gasteiger partial charge in [0.2, 0.25) is 5.91 Å². The van der Waals surface area contributed by atoms with Crippen molar-refractivity contribution >= 4 is 11.6 Å². The van der Waals surface area contributed by atoms with E-state index >= 15 is 0 Å². The SMILES string of the molecule is N#Cc1ccc(NC(=O)CC2CCCCO2)c(F)c1. The lowest BCUT2D eigenvalue weighted by Gasteiger charge is -2.21. The summed E-state index contributed by atoms with van der Waals surface area (Å²) >= 11 is 0. The maximum Gasteiger partial charge on any atom is 0.227 e. The fraction of sp³-hybridized carbons (Fsp3) is 0.429. The molecule has 2 rings (SSSR count). The molecule has 1 N–H and O–H groups in total. The fourth-order valence-electron chi connectivity index (χ4n) is 2.06. The Morgan fingerprint density at radius 1 is 1.53 bits per heavy atom. The number of anilines is 1. The van der Waals surface area contributed by atoms with Crippen molar-refractivity contribution < 1.29 is 13.9 Å². The highest BCUT2D eigenvalue weighted by Crippen LogP contribution is 2.18. The Morgan fingerprint density at radius 3 is 3.00 bits per heavy atom. The van der Waals surface area contributed by atoms with Crippen LogP contribution in [0.2, 0.25) is 0 Å². The molecule has 1 amide bonds. The first kappa shape index (κ1) is 13.5. The van der Waals surface area contributed by atoms with Crippen LogP contribution in [0.25, 0.3) is 0 Å². The largest absolute Gasteiger partial charge is 0.378 e. The van der Waals surface area contributed by atoms with Crippen LogP contribution in [0.1, 0.15) is 31.2 Å². The summed E-state index contributed by atoms with van der Waals surface area (Å²) in [6.07, 6.45) is 3.11. The van der Waals surface area contributed by atoms with E-state index in [4.69, 9.17) is 10.00 Å². The van der Waals surface area contributed by atoms with Gasteiger partial charge in [-0.1, -0.05) is 0 Å². The smallest absolute Gasteiger partial charge is 0.227 e. The number of halogens is 1. The summed E-state index contributed by atoms with van der Waals surface area (Å²) in [6.45, 7) is 0.684. The minimum Gasteiger partial charge on any atom is -0.378 e. The summed E-state index contributed by atoms with van der Waals surface area (Å²) in [6, 6.07) is 5.81. The van der Waals surface area contributed by atoms with Crippen LogP contribution in [0.3, 0.4) is 0 Å². The highest BCUT2D eigenvalue weighted by atomic mass is 19.1. The van der Waals surface area contributed by atoms with Gasteiger partial charge >= 0.3 is 0 Å². The minimum atomic E-state index is -0.600. The first-order chi connectivity index (χ1) is 9.19. The number of carbonyl (C=O) groups excluding carboxylic acids is 1. The highest BCUT2D eigenvalue weighted by Gasteiger charge is 2.18. The number of rotatable bonds is 3. The van der Waals surface area contributed by atoms with Gasteiger partial charge in [0.15, 0.2) is 0 Å². The van der Waals surface area contributed by atoms with Gasteiger partial charge in [-0.05, 0) is 37.5 Å². The number of hydrogen-bond acceptors (Lipinski definition) is 3. The molecular formula is C14H15FN2O2. The predicted molar refractivity (Wildman–Crippen MR) is 68.0 cm³/mol. The molecule has 0 saturated carbocycles. The molecule has 1 unspecified atom stereocenters. The zero-order valence-corrected chi connectivity index (χ0v) is 10.5. The number of hydrogen-bond donors (Lipinski definition) is 1. The van der Waals surface area contributed by atoms with E-state index in [1.54, 1.807) is 0 Å². The minimum absolute atomic E-state index is 0.0739. The van der Waals surface area contributed by atoms with E-state index in [0.717, 1.165) is 25.3 Å². The monoisotopic (exact) mass is 262 g/mol. The average molecular weight is 262 g/mol. The quantitative estimate of drug-likeness (QED) is 0.910. The van der Waals surface area contributed by atoms with Gasteiger partial charge in [-0.15, -0.1) is 0 Å². The van der Waals surface area contributed by atoms with E-state index < -0.39 is 5.82 Å².